The third kappa shape index (κ3) is 6.23. The average molecular weight is 1010 g/mol. The highest BCUT2D eigenvalue weighted by Crippen LogP contribution is 2.65. The van der Waals surface area contributed by atoms with Gasteiger partial charge in [0.2, 0.25) is 0 Å². The molecule has 12 aromatic rings. The fourth-order valence-corrected chi connectivity index (χ4v) is 15.0. The van der Waals surface area contributed by atoms with Crippen LogP contribution in [0.15, 0.2) is 291 Å². The van der Waals surface area contributed by atoms with Gasteiger partial charge in [-0.2, -0.15) is 0 Å². The largest absolute Gasteiger partial charge is 0.310 e. The molecule has 16 rings (SSSR count). The van der Waals surface area contributed by atoms with E-state index < -0.39 is 10.8 Å². The molecule has 0 radical (unpaired) electrons. The van der Waals surface area contributed by atoms with Gasteiger partial charge in [-0.1, -0.05) is 244 Å². The standard InChI is InChI=1S/C77H54N2/c1-75(2)65-38-15-9-32-58(65)63-47-46-57(50-72(63)75)78(54-29-21-26-52(48-54)76(51-24-5-3-6-25-51)66-39-16-10-33-59(66)60-34-11-17-40-67(60)76)55-30-22-31-56(49-55)79(53-27-7-4-8-28-53)73-45-23-44-71-74(73)64-37-14-20-43-70(64)77(71)68-41-18-12-35-61(68)62-36-13-19-42-69(62)77/h3-50H,1-2H3. The molecule has 0 fully saturated rings. The zero-order chi connectivity index (χ0) is 52.5. The first-order valence-corrected chi connectivity index (χ1v) is 27.8. The summed E-state index contributed by atoms with van der Waals surface area (Å²) in [7, 11) is 0. The summed E-state index contributed by atoms with van der Waals surface area (Å²) in [5.41, 5.74) is 28.7. The van der Waals surface area contributed by atoms with Crippen molar-refractivity contribution in [3.8, 4) is 44.5 Å². The van der Waals surface area contributed by atoms with E-state index in [9.17, 15) is 0 Å². The number of nitrogens with zero attached hydrogens (tertiary/aromatic N) is 2. The van der Waals surface area contributed by atoms with Crippen molar-refractivity contribution in [1.29, 1.82) is 0 Å². The van der Waals surface area contributed by atoms with E-state index in [1.165, 1.54) is 100 Å². The highest BCUT2D eigenvalue weighted by Gasteiger charge is 2.52. The van der Waals surface area contributed by atoms with Crippen molar-refractivity contribution < 1.29 is 0 Å². The summed E-state index contributed by atoms with van der Waals surface area (Å²) < 4.78 is 0. The number of benzene rings is 12. The van der Waals surface area contributed by atoms with E-state index in [0.717, 1.165) is 34.1 Å². The highest BCUT2D eigenvalue weighted by molar-refractivity contribution is 6.01. The van der Waals surface area contributed by atoms with Gasteiger partial charge >= 0.3 is 0 Å². The molecule has 0 heterocycles. The maximum absolute atomic E-state index is 2.51. The van der Waals surface area contributed by atoms with Crippen molar-refractivity contribution >= 4 is 34.1 Å². The Bertz CT molecular complexity index is 4340. The molecule has 0 bridgehead atoms. The quantitative estimate of drug-likeness (QED) is 0.150. The van der Waals surface area contributed by atoms with Crippen molar-refractivity contribution in [1.82, 2.24) is 0 Å². The molecule has 79 heavy (non-hydrogen) atoms. The first kappa shape index (κ1) is 45.4. The van der Waals surface area contributed by atoms with E-state index in [-0.39, 0.29) is 5.41 Å². The zero-order valence-electron chi connectivity index (χ0n) is 44.1. The van der Waals surface area contributed by atoms with E-state index in [1.807, 2.05) is 0 Å². The SMILES string of the molecule is CC1(C)c2ccccc2-c2ccc(N(c3cccc(N(c4ccccc4)c4cccc5c4-c4ccccc4C54c5ccccc5-c5ccccc54)c3)c3cccc(C4(c5ccccc5)c5ccccc5-c5ccccc54)c3)cc21. The minimum Gasteiger partial charge on any atom is -0.310 e. The minimum atomic E-state index is -0.564. The Morgan fingerprint density at radius 1 is 0.228 bits per heavy atom. The van der Waals surface area contributed by atoms with Gasteiger partial charge in [0.25, 0.3) is 0 Å². The molecule has 0 aromatic heterocycles. The van der Waals surface area contributed by atoms with Gasteiger partial charge in [-0.05, 0) is 155 Å². The van der Waals surface area contributed by atoms with Crippen molar-refractivity contribution in [3.63, 3.8) is 0 Å². The lowest BCUT2D eigenvalue weighted by atomic mass is 9.67. The van der Waals surface area contributed by atoms with Gasteiger partial charge in [0.05, 0.1) is 16.5 Å². The molecule has 0 unspecified atom stereocenters. The van der Waals surface area contributed by atoms with Gasteiger partial charge in [-0.25, -0.2) is 0 Å². The maximum Gasteiger partial charge on any atom is 0.0726 e. The first-order valence-electron chi connectivity index (χ1n) is 27.8. The second kappa shape index (κ2) is 17.1. The smallest absolute Gasteiger partial charge is 0.0726 e. The lowest BCUT2D eigenvalue weighted by molar-refractivity contribution is 0.660. The van der Waals surface area contributed by atoms with Gasteiger partial charge < -0.3 is 9.80 Å². The maximum atomic E-state index is 2.51. The van der Waals surface area contributed by atoms with E-state index >= 15 is 0 Å². The number of hydrogen-bond acceptors (Lipinski definition) is 2. The molecule has 4 aliphatic carbocycles. The topological polar surface area (TPSA) is 6.48 Å². The van der Waals surface area contributed by atoms with Crippen LogP contribution in [0.4, 0.5) is 34.1 Å². The summed E-state index contributed by atoms with van der Waals surface area (Å²) in [5.74, 6) is 0. The van der Waals surface area contributed by atoms with Crippen molar-refractivity contribution in [2.45, 2.75) is 30.1 Å². The van der Waals surface area contributed by atoms with Crippen LogP contribution in [0.1, 0.15) is 69.5 Å². The lowest BCUT2D eigenvalue weighted by Gasteiger charge is -2.35. The molecule has 0 amide bonds. The fraction of sp³-hybridized carbons (Fsp3) is 0.0649. The summed E-state index contributed by atoms with van der Waals surface area (Å²) >= 11 is 0. The van der Waals surface area contributed by atoms with Crippen LogP contribution in [0.5, 0.6) is 0 Å². The minimum absolute atomic E-state index is 0.197. The number of rotatable bonds is 8. The molecular weight excluding hydrogens is 953 g/mol. The van der Waals surface area contributed by atoms with Crippen molar-refractivity contribution in [2.75, 3.05) is 9.80 Å². The van der Waals surface area contributed by atoms with Crippen LogP contribution in [0.25, 0.3) is 44.5 Å². The van der Waals surface area contributed by atoms with Crippen LogP contribution in [-0.4, -0.2) is 0 Å². The third-order valence-electron chi connectivity index (χ3n) is 18.1. The molecule has 0 saturated carbocycles. The first-order chi connectivity index (χ1) is 39.0. The predicted octanol–water partition coefficient (Wildman–Crippen LogP) is 19.6. The van der Waals surface area contributed by atoms with E-state index in [1.54, 1.807) is 0 Å². The molecular formula is C77H54N2. The lowest BCUT2D eigenvalue weighted by Crippen LogP contribution is -2.28. The van der Waals surface area contributed by atoms with Crippen LogP contribution in [-0.2, 0) is 16.2 Å². The number of fused-ring (bicyclic) bond motifs is 16. The number of anilines is 6. The Hall–Kier alpha value is -9.76. The third-order valence-corrected chi connectivity index (χ3v) is 18.1. The summed E-state index contributed by atoms with van der Waals surface area (Å²) in [6, 6.07) is 109. The summed E-state index contributed by atoms with van der Waals surface area (Å²) in [6.45, 7) is 4.76. The zero-order valence-corrected chi connectivity index (χ0v) is 44.1. The fourth-order valence-electron chi connectivity index (χ4n) is 15.0. The van der Waals surface area contributed by atoms with Gasteiger partial charge in [0.15, 0.2) is 0 Å². The van der Waals surface area contributed by atoms with Gasteiger partial charge in [-0.3, -0.25) is 0 Å². The highest BCUT2D eigenvalue weighted by atomic mass is 15.2. The Kier molecular flexibility index (Phi) is 9.85. The Morgan fingerprint density at radius 2 is 0.608 bits per heavy atom. The van der Waals surface area contributed by atoms with Crippen LogP contribution in [0.2, 0.25) is 0 Å². The second-order valence-corrected chi connectivity index (χ2v) is 22.3. The number of hydrogen-bond donors (Lipinski definition) is 0. The van der Waals surface area contributed by atoms with Crippen LogP contribution in [0, 0.1) is 0 Å². The number of para-hydroxylation sites is 1. The predicted molar refractivity (Wildman–Crippen MR) is 327 cm³/mol. The monoisotopic (exact) mass is 1010 g/mol. The van der Waals surface area contributed by atoms with Crippen LogP contribution in [0.3, 0.4) is 0 Å². The molecule has 0 atom stereocenters. The molecule has 2 nitrogen and oxygen atoms in total. The summed E-state index contributed by atoms with van der Waals surface area (Å²) in [6.07, 6.45) is 0. The van der Waals surface area contributed by atoms with E-state index in [0.29, 0.717) is 0 Å². The molecule has 0 saturated heterocycles. The van der Waals surface area contributed by atoms with Crippen LogP contribution < -0.4 is 9.80 Å². The normalized spacial score (nSPS) is 14.5. The molecule has 4 aliphatic rings. The molecule has 1 spiro atoms. The molecule has 0 aliphatic heterocycles. The molecule has 2 heteroatoms. The molecule has 12 aromatic carbocycles. The summed E-state index contributed by atoms with van der Waals surface area (Å²) in [4.78, 5) is 5.01. The molecule has 372 valence electrons. The van der Waals surface area contributed by atoms with E-state index in [4.69, 9.17) is 0 Å². The summed E-state index contributed by atoms with van der Waals surface area (Å²) in [5, 5.41) is 0. The Balaban J connectivity index is 0.928. The van der Waals surface area contributed by atoms with Crippen LogP contribution >= 0.6 is 0 Å². The van der Waals surface area contributed by atoms with Gasteiger partial charge in [-0.15, -0.1) is 0 Å². The second-order valence-electron chi connectivity index (χ2n) is 22.3. The van der Waals surface area contributed by atoms with Crippen molar-refractivity contribution in [3.05, 3.63) is 347 Å². The molecule has 0 N–H and O–H groups in total. The Labute approximate surface area is 462 Å². The van der Waals surface area contributed by atoms with Gasteiger partial charge in [0, 0.05) is 39.4 Å². The van der Waals surface area contributed by atoms with Gasteiger partial charge in [0.1, 0.15) is 0 Å². The Morgan fingerprint density at radius 3 is 1.20 bits per heavy atom. The van der Waals surface area contributed by atoms with E-state index in [2.05, 4.69) is 315 Å². The average Bonchev–Trinajstić information content (AvgIpc) is 2.76. The van der Waals surface area contributed by atoms with Crippen molar-refractivity contribution in [2.24, 2.45) is 0 Å².